The predicted molar refractivity (Wildman–Crippen MR) is 98.3 cm³/mol. The fourth-order valence-corrected chi connectivity index (χ4v) is 2.61. The number of fused-ring (bicyclic) bond motifs is 1. The quantitative estimate of drug-likeness (QED) is 0.768. The fraction of sp³-hybridized carbons (Fsp3) is 0.200. The number of amides is 1. The monoisotopic (exact) mass is 336 g/mol. The van der Waals surface area contributed by atoms with Gasteiger partial charge in [0.15, 0.2) is 6.61 Å². The Hall–Kier alpha value is -3.08. The molecule has 0 unspecified atom stereocenters. The Morgan fingerprint density at radius 3 is 2.72 bits per heavy atom. The smallest absolute Gasteiger partial charge is 0.262 e. The minimum atomic E-state index is -0.212. The molecule has 25 heavy (non-hydrogen) atoms. The second-order valence-corrected chi connectivity index (χ2v) is 5.85. The molecule has 0 bridgehead atoms. The molecule has 0 saturated carbocycles. The van der Waals surface area contributed by atoms with Crippen molar-refractivity contribution in [2.75, 3.05) is 19.0 Å². The first-order chi connectivity index (χ1) is 12.0. The Morgan fingerprint density at radius 2 is 1.96 bits per heavy atom. The third kappa shape index (κ3) is 4.07. The number of hydrogen-bond donors (Lipinski definition) is 1. The highest BCUT2D eigenvalue weighted by Gasteiger charge is 2.10. The van der Waals surface area contributed by atoms with Gasteiger partial charge >= 0.3 is 0 Å². The Balaban J connectivity index is 1.77. The van der Waals surface area contributed by atoms with Gasteiger partial charge in [-0.05, 0) is 49.7 Å². The first-order valence-corrected chi connectivity index (χ1v) is 8.00. The van der Waals surface area contributed by atoms with Crippen LogP contribution in [0.15, 0.2) is 48.5 Å². The van der Waals surface area contributed by atoms with Crippen molar-refractivity contribution in [2.45, 2.75) is 13.8 Å². The van der Waals surface area contributed by atoms with Gasteiger partial charge in [0, 0.05) is 22.8 Å². The summed E-state index contributed by atoms with van der Waals surface area (Å²) in [6, 6.07) is 15.0. The van der Waals surface area contributed by atoms with E-state index in [4.69, 9.17) is 9.47 Å². The maximum absolute atomic E-state index is 12.2. The zero-order chi connectivity index (χ0) is 17.8. The molecule has 1 N–H and O–H groups in total. The molecule has 0 spiro atoms. The largest absolute Gasteiger partial charge is 0.497 e. The number of benzene rings is 2. The Kier molecular flexibility index (Phi) is 4.84. The average molecular weight is 336 g/mol. The lowest BCUT2D eigenvalue weighted by molar-refractivity contribution is -0.118. The molecule has 3 rings (SSSR count). The third-order valence-corrected chi connectivity index (χ3v) is 3.77. The normalized spacial score (nSPS) is 10.5. The van der Waals surface area contributed by atoms with Crippen LogP contribution in [0, 0.1) is 13.8 Å². The second kappa shape index (κ2) is 7.21. The summed E-state index contributed by atoms with van der Waals surface area (Å²) >= 11 is 0. The van der Waals surface area contributed by atoms with Gasteiger partial charge in [-0.2, -0.15) is 0 Å². The average Bonchev–Trinajstić information content (AvgIpc) is 2.59. The number of nitrogens with one attached hydrogen (secondary N) is 1. The van der Waals surface area contributed by atoms with E-state index in [-0.39, 0.29) is 12.5 Å². The van der Waals surface area contributed by atoms with Crippen LogP contribution in [0.2, 0.25) is 0 Å². The number of hydrogen-bond acceptors (Lipinski definition) is 4. The zero-order valence-electron chi connectivity index (χ0n) is 14.5. The van der Waals surface area contributed by atoms with Crippen LogP contribution in [0.3, 0.4) is 0 Å². The molecule has 0 aliphatic carbocycles. The lowest BCUT2D eigenvalue weighted by atomic mass is 10.1. The summed E-state index contributed by atoms with van der Waals surface area (Å²) < 4.78 is 11.0. The first kappa shape index (κ1) is 16.8. The highest BCUT2D eigenvalue weighted by molar-refractivity contribution is 5.92. The van der Waals surface area contributed by atoms with Crippen molar-refractivity contribution in [3.05, 3.63) is 59.8 Å². The van der Waals surface area contributed by atoms with Gasteiger partial charge in [0.05, 0.1) is 12.6 Å². The van der Waals surface area contributed by atoms with Gasteiger partial charge in [-0.3, -0.25) is 9.78 Å². The summed E-state index contributed by atoms with van der Waals surface area (Å²) in [6.07, 6.45) is 0. The summed E-state index contributed by atoms with van der Waals surface area (Å²) in [5.41, 5.74) is 3.47. The van der Waals surface area contributed by atoms with E-state index in [9.17, 15) is 4.79 Å². The second-order valence-electron chi connectivity index (χ2n) is 5.85. The summed E-state index contributed by atoms with van der Waals surface area (Å²) in [5.74, 6) is 1.11. The fourth-order valence-electron chi connectivity index (χ4n) is 2.61. The van der Waals surface area contributed by atoms with Crippen LogP contribution in [-0.2, 0) is 4.79 Å². The van der Waals surface area contributed by atoms with Crippen molar-refractivity contribution in [1.29, 1.82) is 0 Å². The SMILES string of the molecule is COc1ccc2nc(C)cc(OCC(=O)Nc3cccc(C)c3)c2c1. The molecule has 1 amide bonds. The Bertz CT molecular complexity index is 922. The molecule has 0 aliphatic rings. The molecule has 2 aromatic carbocycles. The van der Waals surface area contributed by atoms with E-state index in [0.29, 0.717) is 11.5 Å². The predicted octanol–water partition coefficient (Wildman–Crippen LogP) is 3.88. The minimum absolute atomic E-state index is 0.0797. The highest BCUT2D eigenvalue weighted by atomic mass is 16.5. The van der Waals surface area contributed by atoms with Gasteiger partial charge < -0.3 is 14.8 Å². The number of carbonyl (C=O) groups is 1. The maximum atomic E-state index is 12.2. The Morgan fingerprint density at radius 1 is 1.12 bits per heavy atom. The van der Waals surface area contributed by atoms with E-state index in [2.05, 4.69) is 10.3 Å². The molecule has 5 heteroatoms. The van der Waals surface area contributed by atoms with E-state index in [0.717, 1.165) is 27.8 Å². The number of rotatable bonds is 5. The number of anilines is 1. The van der Waals surface area contributed by atoms with Crippen molar-refractivity contribution in [3.8, 4) is 11.5 Å². The van der Waals surface area contributed by atoms with Crippen molar-refractivity contribution in [3.63, 3.8) is 0 Å². The number of nitrogens with zero attached hydrogens (tertiary/aromatic N) is 1. The molecule has 0 aliphatic heterocycles. The van der Waals surface area contributed by atoms with E-state index in [1.807, 2.05) is 62.4 Å². The van der Waals surface area contributed by atoms with Crippen LogP contribution >= 0.6 is 0 Å². The standard InChI is InChI=1S/C20H20N2O3/c1-13-5-4-6-15(9-13)22-20(23)12-25-19-10-14(2)21-18-8-7-16(24-3)11-17(18)19/h4-11H,12H2,1-3H3,(H,22,23). The minimum Gasteiger partial charge on any atom is -0.497 e. The number of aromatic nitrogens is 1. The van der Waals surface area contributed by atoms with E-state index >= 15 is 0 Å². The van der Waals surface area contributed by atoms with Crippen molar-refractivity contribution < 1.29 is 14.3 Å². The lowest BCUT2D eigenvalue weighted by Gasteiger charge is -2.12. The number of pyridine rings is 1. The molecule has 1 heterocycles. The van der Waals surface area contributed by atoms with Crippen LogP contribution in [0.4, 0.5) is 5.69 Å². The van der Waals surface area contributed by atoms with Gasteiger partial charge in [-0.15, -0.1) is 0 Å². The number of ether oxygens (including phenoxy) is 2. The van der Waals surface area contributed by atoms with E-state index in [1.54, 1.807) is 7.11 Å². The van der Waals surface area contributed by atoms with E-state index in [1.165, 1.54) is 0 Å². The number of methoxy groups -OCH3 is 1. The molecule has 5 nitrogen and oxygen atoms in total. The molecule has 1 aromatic heterocycles. The lowest BCUT2D eigenvalue weighted by Crippen LogP contribution is -2.20. The molecule has 0 atom stereocenters. The van der Waals surface area contributed by atoms with Crippen LogP contribution in [0.5, 0.6) is 11.5 Å². The van der Waals surface area contributed by atoms with Gasteiger partial charge in [-0.1, -0.05) is 12.1 Å². The molecule has 128 valence electrons. The van der Waals surface area contributed by atoms with Gasteiger partial charge in [0.2, 0.25) is 0 Å². The first-order valence-electron chi connectivity index (χ1n) is 8.00. The summed E-state index contributed by atoms with van der Waals surface area (Å²) in [5, 5.41) is 3.65. The summed E-state index contributed by atoms with van der Waals surface area (Å²) in [6.45, 7) is 3.79. The topological polar surface area (TPSA) is 60.5 Å². The summed E-state index contributed by atoms with van der Waals surface area (Å²) in [4.78, 5) is 16.6. The van der Waals surface area contributed by atoms with Gasteiger partial charge in [-0.25, -0.2) is 0 Å². The number of carbonyl (C=O) groups excluding carboxylic acids is 1. The summed E-state index contributed by atoms with van der Waals surface area (Å²) in [7, 11) is 1.61. The van der Waals surface area contributed by atoms with Crippen LogP contribution in [-0.4, -0.2) is 24.6 Å². The van der Waals surface area contributed by atoms with Crippen molar-refractivity contribution in [2.24, 2.45) is 0 Å². The third-order valence-electron chi connectivity index (χ3n) is 3.77. The Labute approximate surface area is 146 Å². The molecule has 0 radical (unpaired) electrons. The van der Waals surface area contributed by atoms with Crippen LogP contribution in [0.1, 0.15) is 11.3 Å². The van der Waals surface area contributed by atoms with Crippen LogP contribution < -0.4 is 14.8 Å². The van der Waals surface area contributed by atoms with Gasteiger partial charge in [0.1, 0.15) is 11.5 Å². The molecule has 0 fully saturated rings. The van der Waals surface area contributed by atoms with Gasteiger partial charge in [0.25, 0.3) is 5.91 Å². The highest BCUT2D eigenvalue weighted by Crippen LogP contribution is 2.29. The van der Waals surface area contributed by atoms with Crippen LogP contribution in [0.25, 0.3) is 10.9 Å². The molecule has 0 saturated heterocycles. The zero-order valence-corrected chi connectivity index (χ0v) is 14.5. The molecular weight excluding hydrogens is 316 g/mol. The van der Waals surface area contributed by atoms with Crippen molar-refractivity contribution in [1.82, 2.24) is 4.98 Å². The van der Waals surface area contributed by atoms with E-state index < -0.39 is 0 Å². The number of aryl methyl sites for hydroxylation is 2. The molecular formula is C20H20N2O3. The maximum Gasteiger partial charge on any atom is 0.262 e. The van der Waals surface area contributed by atoms with Crippen molar-refractivity contribution >= 4 is 22.5 Å². The molecule has 3 aromatic rings.